The highest BCUT2D eigenvalue weighted by atomic mass is 32.2. The maximum atomic E-state index is 10.8. The van der Waals surface area contributed by atoms with Gasteiger partial charge in [-0.05, 0) is 30.7 Å². The maximum Gasteiger partial charge on any atom is 0.208 e. The van der Waals surface area contributed by atoms with Gasteiger partial charge in [-0.2, -0.15) is 5.26 Å². The van der Waals surface area contributed by atoms with Crippen molar-refractivity contribution in [2.24, 2.45) is 0 Å². The van der Waals surface area contributed by atoms with E-state index in [0.29, 0.717) is 18.7 Å². The molecule has 0 aliphatic carbocycles. The number of nitrogens with one attached hydrogen (secondary N) is 2. The highest BCUT2D eigenvalue weighted by molar-refractivity contribution is 7.88. The van der Waals surface area contributed by atoms with Crippen LogP contribution in [0.5, 0.6) is 0 Å². The van der Waals surface area contributed by atoms with E-state index in [4.69, 9.17) is 5.26 Å². The first-order valence-corrected chi connectivity index (χ1v) is 7.55. The first kappa shape index (κ1) is 14.6. The van der Waals surface area contributed by atoms with Crippen LogP contribution in [0.2, 0.25) is 0 Å². The van der Waals surface area contributed by atoms with Crippen molar-refractivity contribution < 1.29 is 8.42 Å². The molecule has 5 nitrogen and oxygen atoms in total. The van der Waals surface area contributed by atoms with Crippen molar-refractivity contribution in [2.45, 2.75) is 13.0 Å². The Morgan fingerprint density at radius 1 is 1.22 bits per heavy atom. The predicted molar refractivity (Wildman–Crippen MR) is 70.3 cm³/mol. The zero-order valence-corrected chi connectivity index (χ0v) is 11.1. The number of nitrogens with zero attached hydrogens (tertiary/aromatic N) is 1. The number of nitriles is 1. The van der Waals surface area contributed by atoms with Crippen molar-refractivity contribution in [1.82, 2.24) is 10.0 Å². The first-order chi connectivity index (χ1) is 8.51. The maximum absolute atomic E-state index is 10.8. The van der Waals surface area contributed by atoms with E-state index in [1.807, 2.05) is 12.1 Å². The summed E-state index contributed by atoms with van der Waals surface area (Å²) < 4.78 is 24.0. The van der Waals surface area contributed by atoms with Crippen molar-refractivity contribution in [2.75, 3.05) is 19.3 Å². The highest BCUT2D eigenvalue weighted by Crippen LogP contribution is 2.02. The van der Waals surface area contributed by atoms with E-state index in [1.54, 1.807) is 12.1 Å². The van der Waals surface area contributed by atoms with Crippen LogP contribution in [0.1, 0.15) is 17.5 Å². The molecule has 0 saturated carbocycles. The summed E-state index contributed by atoms with van der Waals surface area (Å²) in [6, 6.07) is 9.43. The summed E-state index contributed by atoms with van der Waals surface area (Å²) in [7, 11) is -3.08. The van der Waals surface area contributed by atoms with Gasteiger partial charge in [0.1, 0.15) is 0 Å². The summed E-state index contributed by atoms with van der Waals surface area (Å²) in [6.07, 6.45) is 1.89. The fraction of sp³-hybridized carbons (Fsp3) is 0.417. The van der Waals surface area contributed by atoms with Gasteiger partial charge in [-0.15, -0.1) is 0 Å². The lowest BCUT2D eigenvalue weighted by atomic mass is 10.1. The molecule has 0 aromatic heterocycles. The molecule has 0 saturated heterocycles. The van der Waals surface area contributed by atoms with Crippen LogP contribution in [0.25, 0.3) is 0 Å². The Kier molecular flexibility index (Phi) is 5.78. The minimum absolute atomic E-state index is 0.444. The monoisotopic (exact) mass is 267 g/mol. The van der Waals surface area contributed by atoms with E-state index in [2.05, 4.69) is 16.1 Å². The average molecular weight is 267 g/mol. The van der Waals surface area contributed by atoms with Crippen molar-refractivity contribution in [1.29, 1.82) is 5.26 Å². The molecule has 0 bridgehead atoms. The molecule has 1 aromatic rings. The molecule has 0 fully saturated rings. The number of rotatable bonds is 7. The van der Waals surface area contributed by atoms with Crippen LogP contribution in [0.15, 0.2) is 24.3 Å². The zero-order valence-electron chi connectivity index (χ0n) is 10.3. The largest absolute Gasteiger partial charge is 0.313 e. The summed E-state index contributed by atoms with van der Waals surface area (Å²) in [5.74, 6) is 0. The smallest absolute Gasteiger partial charge is 0.208 e. The van der Waals surface area contributed by atoms with E-state index in [9.17, 15) is 8.42 Å². The summed E-state index contributed by atoms with van der Waals surface area (Å²) in [6.45, 7) is 1.90. The molecule has 0 atom stereocenters. The molecule has 0 heterocycles. The van der Waals surface area contributed by atoms with Crippen molar-refractivity contribution in [3.63, 3.8) is 0 Å². The molecular formula is C12H17N3O2S. The molecule has 0 spiro atoms. The lowest BCUT2D eigenvalue weighted by Gasteiger charge is -2.05. The minimum Gasteiger partial charge on any atom is -0.313 e. The number of hydrogen-bond donors (Lipinski definition) is 2. The van der Waals surface area contributed by atoms with Crippen LogP contribution in [0, 0.1) is 11.3 Å². The van der Waals surface area contributed by atoms with E-state index >= 15 is 0 Å². The van der Waals surface area contributed by atoms with Crippen molar-refractivity contribution in [3.8, 4) is 6.07 Å². The Balaban J connectivity index is 2.16. The quantitative estimate of drug-likeness (QED) is 0.708. The van der Waals surface area contributed by atoms with Gasteiger partial charge in [-0.1, -0.05) is 12.1 Å². The van der Waals surface area contributed by atoms with E-state index in [-0.39, 0.29) is 0 Å². The first-order valence-electron chi connectivity index (χ1n) is 5.65. The molecule has 18 heavy (non-hydrogen) atoms. The molecule has 1 rings (SSSR count). The second-order valence-corrected chi connectivity index (χ2v) is 5.84. The predicted octanol–water partition coefficient (Wildman–Crippen LogP) is 0.587. The fourth-order valence-corrected chi connectivity index (χ4v) is 1.92. The molecule has 0 unspecified atom stereocenters. The van der Waals surface area contributed by atoms with Crippen molar-refractivity contribution >= 4 is 10.0 Å². The summed E-state index contributed by atoms with van der Waals surface area (Å²) in [4.78, 5) is 0. The van der Waals surface area contributed by atoms with Gasteiger partial charge in [0.2, 0.25) is 10.0 Å². The van der Waals surface area contributed by atoms with Crippen LogP contribution in [0.4, 0.5) is 0 Å². The average Bonchev–Trinajstić information content (AvgIpc) is 2.33. The summed E-state index contributed by atoms with van der Waals surface area (Å²) >= 11 is 0. The molecule has 0 aliphatic rings. The second-order valence-electron chi connectivity index (χ2n) is 4.01. The molecule has 6 heteroatoms. The molecule has 0 amide bonds. The van der Waals surface area contributed by atoms with Crippen LogP contribution in [-0.2, 0) is 16.6 Å². The third kappa shape index (κ3) is 6.35. The standard InChI is InChI=1S/C12H17N3O2S/c1-18(16,17)15-8-2-7-14-10-12-5-3-11(9-13)4-6-12/h3-6,14-15H,2,7-8,10H2,1H3. The fourth-order valence-electron chi connectivity index (χ4n) is 1.40. The topological polar surface area (TPSA) is 82.0 Å². The van der Waals surface area contributed by atoms with Crippen LogP contribution in [0.3, 0.4) is 0 Å². The number of sulfonamides is 1. The third-order valence-electron chi connectivity index (χ3n) is 2.31. The van der Waals surface area contributed by atoms with Crippen LogP contribution < -0.4 is 10.0 Å². The Labute approximate surface area is 108 Å². The van der Waals surface area contributed by atoms with Gasteiger partial charge < -0.3 is 5.32 Å². The summed E-state index contributed by atoms with van der Waals surface area (Å²) in [5, 5.41) is 11.9. The Bertz CT molecular complexity index is 503. The third-order valence-corrected chi connectivity index (χ3v) is 3.04. The molecule has 0 radical (unpaired) electrons. The van der Waals surface area contributed by atoms with Gasteiger partial charge in [0.25, 0.3) is 0 Å². The summed E-state index contributed by atoms with van der Waals surface area (Å²) in [5.41, 5.74) is 1.75. The molecule has 98 valence electrons. The second kappa shape index (κ2) is 7.11. The molecule has 1 aromatic carbocycles. The normalized spacial score (nSPS) is 11.1. The zero-order chi connectivity index (χ0) is 13.4. The van der Waals surface area contributed by atoms with Gasteiger partial charge in [-0.25, -0.2) is 13.1 Å². The lowest BCUT2D eigenvalue weighted by molar-refractivity contribution is 0.579. The lowest BCUT2D eigenvalue weighted by Crippen LogP contribution is -2.26. The molecule has 0 aliphatic heterocycles. The number of hydrogen-bond acceptors (Lipinski definition) is 4. The SMILES string of the molecule is CS(=O)(=O)NCCCNCc1ccc(C#N)cc1. The van der Waals surface area contributed by atoms with Gasteiger partial charge in [-0.3, -0.25) is 0 Å². The van der Waals surface area contributed by atoms with E-state index < -0.39 is 10.0 Å². The van der Waals surface area contributed by atoms with E-state index in [1.165, 1.54) is 0 Å². The number of benzene rings is 1. The van der Waals surface area contributed by atoms with Crippen molar-refractivity contribution in [3.05, 3.63) is 35.4 Å². The van der Waals surface area contributed by atoms with Gasteiger partial charge in [0.05, 0.1) is 17.9 Å². The highest BCUT2D eigenvalue weighted by Gasteiger charge is 1.98. The Hall–Kier alpha value is -1.42. The van der Waals surface area contributed by atoms with Gasteiger partial charge in [0.15, 0.2) is 0 Å². The van der Waals surface area contributed by atoms with E-state index in [0.717, 1.165) is 24.8 Å². The van der Waals surface area contributed by atoms with Gasteiger partial charge in [0, 0.05) is 13.1 Å². The van der Waals surface area contributed by atoms with Crippen LogP contribution >= 0.6 is 0 Å². The molecular weight excluding hydrogens is 250 g/mol. The Morgan fingerprint density at radius 3 is 2.44 bits per heavy atom. The van der Waals surface area contributed by atoms with Gasteiger partial charge >= 0.3 is 0 Å². The van der Waals surface area contributed by atoms with Crippen LogP contribution in [-0.4, -0.2) is 27.8 Å². The minimum atomic E-state index is -3.08. The Morgan fingerprint density at radius 2 is 1.89 bits per heavy atom. The molecule has 2 N–H and O–H groups in total.